The molecule has 1 unspecified atom stereocenters. The van der Waals surface area contributed by atoms with Crippen LogP contribution in [0.3, 0.4) is 0 Å². The first kappa shape index (κ1) is 16.0. The number of hydrogen-bond donors (Lipinski definition) is 2. The van der Waals surface area contributed by atoms with Crippen LogP contribution in [0, 0.1) is 0 Å². The lowest BCUT2D eigenvalue weighted by molar-refractivity contribution is -0.119. The molecule has 2 aromatic rings. The van der Waals surface area contributed by atoms with Gasteiger partial charge in [0.1, 0.15) is 5.25 Å². The van der Waals surface area contributed by atoms with E-state index in [1.54, 1.807) is 25.4 Å². The highest BCUT2D eigenvalue weighted by molar-refractivity contribution is 8.00. The number of nitrogens with one attached hydrogen (secondary N) is 2. The van der Waals surface area contributed by atoms with Gasteiger partial charge < -0.3 is 5.32 Å². The number of benzene rings is 1. The molecule has 22 heavy (non-hydrogen) atoms. The molecule has 0 radical (unpaired) electrons. The maximum absolute atomic E-state index is 12.4. The third kappa shape index (κ3) is 4.56. The number of rotatable bonds is 5. The van der Waals surface area contributed by atoms with E-state index >= 15 is 0 Å². The lowest BCUT2D eigenvalue weighted by Crippen LogP contribution is -2.41. The van der Waals surface area contributed by atoms with Gasteiger partial charge in [0.15, 0.2) is 5.16 Å². The van der Waals surface area contributed by atoms with Crippen LogP contribution in [-0.4, -0.2) is 28.5 Å². The van der Waals surface area contributed by atoms with Crippen molar-refractivity contribution in [3.63, 3.8) is 0 Å². The van der Waals surface area contributed by atoms with E-state index in [9.17, 15) is 9.59 Å². The smallest absolute Gasteiger partial charge is 0.321 e. The highest BCUT2D eigenvalue weighted by Crippen LogP contribution is 2.33. The highest BCUT2D eigenvalue weighted by Gasteiger charge is 2.24. The summed E-state index contributed by atoms with van der Waals surface area (Å²) in [4.78, 5) is 32.2. The summed E-state index contributed by atoms with van der Waals surface area (Å²) in [5.74, 6) is -0.408. The van der Waals surface area contributed by atoms with Crippen molar-refractivity contribution < 1.29 is 9.59 Å². The first-order valence-corrected chi connectivity index (χ1v) is 7.66. The van der Waals surface area contributed by atoms with Crippen LogP contribution in [0.4, 0.5) is 4.79 Å². The summed E-state index contributed by atoms with van der Waals surface area (Å²) in [6.45, 7) is 2.23. The molecule has 1 atom stereocenters. The molecule has 114 valence electrons. The van der Waals surface area contributed by atoms with Gasteiger partial charge in [-0.15, -0.1) is 0 Å². The topological polar surface area (TPSA) is 84.0 Å². The van der Waals surface area contributed by atoms with Gasteiger partial charge in [-0.2, -0.15) is 0 Å². The van der Waals surface area contributed by atoms with Crippen LogP contribution in [-0.2, 0) is 4.79 Å². The zero-order valence-corrected chi connectivity index (χ0v) is 12.8. The van der Waals surface area contributed by atoms with Gasteiger partial charge in [-0.25, -0.2) is 14.8 Å². The van der Waals surface area contributed by atoms with Crippen molar-refractivity contribution in [1.82, 2.24) is 20.6 Å². The molecule has 0 saturated carbocycles. The molecule has 0 aliphatic heterocycles. The number of thioether (sulfide) groups is 1. The summed E-state index contributed by atoms with van der Waals surface area (Å²) in [5, 5.41) is 4.74. The SMILES string of the molecule is CCNC(=O)NC(=O)C(Sc1ncccn1)c1ccccc1. The van der Waals surface area contributed by atoms with Crippen LogP contribution < -0.4 is 10.6 Å². The summed E-state index contributed by atoms with van der Waals surface area (Å²) < 4.78 is 0. The third-order valence-corrected chi connectivity index (χ3v) is 3.82. The lowest BCUT2D eigenvalue weighted by atomic mass is 10.1. The van der Waals surface area contributed by atoms with E-state index in [1.165, 1.54) is 11.8 Å². The Morgan fingerprint density at radius 2 is 1.82 bits per heavy atom. The number of carbonyl (C=O) groups is 2. The Kier molecular flexibility index (Phi) is 5.91. The second kappa shape index (κ2) is 8.14. The van der Waals surface area contributed by atoms with Crippen LogP contribution >= 0.6 is 11.8 Å². The van der Waals surface area contributed by atoms with Crippen LogP contribution in [0.5, 0.6) is 0 Å². The van der Waals surface area contributed by atoms with Gasteiger partial charge in [-0.05, 0) is 18.6 Å². The van der Waals surface area contributed by atoms with E-state index in [0.29, 0.717) is 11.7 Å². The maximum Gasteiger partial charge on any atom is 0.321 e. The van der Waals surface area contributed by atoms with Gasteiger partial charge in [0, 0.05) is 18.9 Å². The van der Waals surface area contributed by atoms with Crippen molar-refractivity contribution in [2.24, 2.45) is 0 Å². The molecule has 6 nitrogen and oxygen atoms in total. The van der Waals surface area contributed by atoms with Gasteiger partial charge >= 0.3 is 6.03 Å². The van der Waals surface area contributed by atoms with E-state index in [-0.39, 0.29) is 0 Å². The van der Waals surface area contributed by atoms with E-state index in [0.717, 1.165) is 5.56 Å². The van der Waals surface area contributed by atoms with Crippen molar-refractivity contribution in [3.8, 4) is 0 Å². The molecule has 0 saturated heterocycles. The summed E-state index contributed by atoms with van der Waals surface area (Å²) in [6, 6.07) is 10.4. The van der Waals surface area contributed by atoms with Crippen LogP contribution in [0.1, 0.15) is 17.7 Å². The van der Waals surface area contributed by atoms with Gasteiger partial charge in [0.05, 0.1) is 0 Å². The predicted molar refractivity (Wildman–Crippen MR) is 84.3 cm³/mol. The van der Waals surface area contributed by atoms with Gasteiger partial charge in [0.2, 0.25) is 5.91 Å². The van der Waals surface area contributed by atoms with E-state index in [2.05, 4.69) is 20.6 Å². The summed E-state index contributed by atoms with van der Waals surface area (Å²) in [5.41, 5.74) is 0.779. The minimum atomic E-state index is -0.605. The highest BCUT2D eigenvalue weighted by atomic mass is 32.2. The molecule has 0 spiro atoms. The van der Waals surface area contributed by atoms with E-state index in [1.807, 2.05) is 30.3 Å². The Morgan fingerprint density at radius 1 is 1.14 bits per heavy atom. The van der Waals surface area contributed by atoms with Gasteiger partial charge in [-0.1, -0.05) is 42.1 Å². The zero-order valence-electron chi connectivity index (χ0n) is 12.0. The van der Waals surface area contributed by atoms with Crippen molar-refractivity contribution in [1.29, 1.82) is 0 Å². The van der Waals surface area contributed by atoms with Crippen molar-refractivity contribution in [3.05, 3.63) is 54.4 Å². The fraction of sp³-hybridized carbons (Fsp3) is 0.200. The molecule has 1 aromatic carbocycles. The second-order valence-electron chi connectivity index (χ2n) is 4.29. The summed E-state index contributed by atoms with van der Waals surface area (Å²) >= 11 is 1.20. The average molecular weight is 316 g/mol. The molecule has 2 N–H and O–H groups in total. The molecule has 3 amide bonds. The zero-order chi connectivity index (χ0) is 15.8. The van der Waals surface area contributed by atoms with Crippen LogP contribution in [0.25, 0.3) is 0 Å². The Morgan fingerprint density at radius 3 is 2.45 bits per heavy atom. The minimum absolute atomic E-state index is 0.408. The minimum Gasteiger partial charge on any atom is -0.338 e. The molecule has 7 heteroatoms. The van der Waals surface area contributed by atoms with Crippen molar-refractivity contribution >= 4 is 23.7 Å². The van der Waals surface area contributed by atoms with Crippen molar-refractivity contribution in [2.75, 3.05) is 6.54 Å². The lowest BCUT2D eigenvalue weighted by Gasteiger charge is -2.15. The number of hydrogen-bond acceptors (Lipinski definition) is 5. The number of aromatic nitrogens is 2. The first-order valence-electron chi connectivity index (χ1n) is 6.78. The standard InChI is InChI=1S/C15H16N4O2S/c1-2-16-14(21)19-13(20)12(11-7-4-3-5-8-11)22-15-17-9-6-10-18-15/h3-10,12H,2H2,1H3,(H2,16,19,20,21). The predicted octanol–water partition coefficient (Wildman–Crippen LogP) is 2.16. The summed E-state index contributed by atoms with van der Waals surface area (Å²) in [7, 11) is 0. The molecule has 0 aliphatic rings. The fourth-order valence-corrected chi connectivity index (χ4v) is 2.65. The Bertz CT molecular complexity index is 622. The third-order valence-electron chi connectivity index (χ3n) is 2.68. The number of imide groups is 1. The Hall–Kier alpha value is -2.41. The molecule has 0 aliphatic carbocycles. The maximum atomic E-state index is 12.4. The Labute approximate surface area is 132 Å². The molecular weight excluding hydrogens is 300 g/mol. The molecule has 1 heterocycles. The largest absolute Gasteiger partial charge is 0.338 e. The normalized spacial score (nSPS) is 11.5. The number of amides is 3. The van der Waals surface area contributed by atoms with Gasteiger partial charge in [-0.3, -0.25) is 10.1 Å². The molecule has 2 rings (SSSR count). The number of nitrogens with zero attached hydrogens (tertiary/aromatic N) is 2. The molecule has 0 bridgehead atoms. The van der Waals surface area contributed by atoms with E-state index < -0.39 is 17.2 Å². The second-order valence-corrected chi connectivity index (χ2v) is 5.36. The monoisotopic (exact) mass is 316 g/mol. The molecule has 1 aromatic heterocycles. The van der Waals surface area contributed by atoms with Gasteiger partial charge in [0.25, 0.3) is 0 Å². The first-order chi connectivity index (χ1) is 10.7. The van der Waals surface area contributed by atoms with Crippen LogP contribution in [0.15, 0.2) is 53.9 Å². The number of urea groups is 1. The fourth-order valence-electron chi connectivity index (χ4n) is 1.73. The molecule has 0 fully saturated rings. The average Bonchev–Trinajstić information content (AvgIpc) is 2.54. The quantitative estimate of drug-likeness (QED) is 0.652. The van der Waals surface area contributed by atoms with Crippen LogP contribution in [0.2, 0.25) is 0 Å². The van der Waals surface area contributed by atoms with Crippen molar-refractivity contribution in [2.45, 2.75) is 17.3 Å². The number of carbonyl (C=O) groups excluding carboxylic acids is 2. The summed E-state index contributed by atoms with van der Waals surface area (Å²) in [6.07, 6.45) is 3.22. The Balaban J connectivity index is 2.18. The molecular formula is C15H16N4O2S. The van der Waals surface area contributed by atoms with E-state index in [4.69, 9.17) is 0 Å².